The van der Waals surface area contributed by atoms with E-state index in [0.717, 1.165) is 18.4 Å². The molecule has 2 N–H and O–H groups in total. The van der Waals surface area contributed by atoms with Gasteiger partial charge in [0.15, 0.2) is 0 Å². The first-order valence-electron chi connectivity index (χ1n) is 4.41. The van der Waals surface area contributed by atoms with Gasteiger partial charge in [-0.15, -0.1) is 0 Å². The van der Waals surface area contributed by atoms with Crippen LogP contribution >= 0.6 is 0 Å². The van der Waals surface area contributed by atoms with Gasteiger partial charge in [0.25, 0.3) is 0 Å². The summed E-state index contributed by atoms with van der Waals surface area (Å²) in [5.41, 5.74) is 8.26. The van der Waals surface area contributed by atoms with E-state index >= 15 is 0 Å². The molecule has 1 heterocycles. The molecule has 0 saturated carbocycles. The number of rotatable bonds is 3. The lowest BCUT2D eigenvalue weighted by Crippen LogP contribution is -2.10. The van der Waals surface area contributed by atoms with Crippen molar-refractivity contribution in [3.63, 3.8) is 0 Å². The van der Waals surface area contributed by atoms with E-state index in [4.69, 9.17) is 5.73 Å². The molecule has 0 radical (unpaired) electrons. The minimum Gasteiger partial charge on any atom is -0.324 e. The maximum absolute atomic E-state index is 5.93. The van der Waals surface area contributed by atoms with E-state index in [1.807, 2.05) is 19.3 Å². The molecule has 0 aliphatic heterocycles. The summed E-state index contributed by atoms with van der Waals surface area (Å²) in [7, 11) is 0. The molecule has 1 aromatic rings. The molecule has 0 aromatic carbocycles. The van der Waals surface area contributed by atoms with Crippen LogP contribution in [0.5, 0.6) is 0 Å². The summed E-state index contributed by atoms with van der Waals surface area (Å²) in [5, 5.41) is 0. The van der Waals surface area contributed by atoms with Crippen LogP contribution in [-0.4, -0.2) is 4.98 Å². The van der Waals surface area contributed by atoms with Gasteiger partial charge in [-0.25, -0.2) is 0 Å². The minimum atomic E-state index is 0.155. The second-order valence-corrected chi connectivity index (χ2v) is 3.19. The normalized spacial score (nSPS) is 12.9. The van der Waals surface area contributed by atoms with Crippen LogP contribution in [0.1, 0.15) is 36.9 Å². The summed E-state index contributed by atoms with van der Waals surface area (Å²) in [6.45, 7) is 4.18. The first-order valence-corrected chi connectivity index (χ1v) is 4.41. The van der Waals surface area contributed by atoms with Crippen molar-refractivity contribution in [3.8, 4) is 0 Å². The van der Waals surface area contributed by atoms with E-state index in [-0.39, 0.29) is 6.04 Å². The highest BCUT2D eigenvalue weighted by Crippen LogP contribution is 2.14. The van der Waals surface area contributed by atoms with Gasteiger partial charge in [0.05, 0.1) is 0 Å². The molecular weight excluding hydrogens is 148 g/mol. The van der Waals surface area contributed by atoms with Crippen LogP contribution in [0.3, 0.4) is 0 Å². The molecule has 0 aliphatic rings. The van der Waals surface area contributed by atoms with Crippen LogP contribution in [0.15, 0.2) is 18.5 Å². The van der Waals surface area contributed by atoms with Crippen molar-refractivity contribution in [2.45, 2.75) is 32.7 Å². The van der Waals surface area contributed by atoms with E-state index < -0.39 is 0 Å². The highest BCUT2D eigenvalue weighted by atomic mass is 14.7. The molecular formula is C10H16N2. The molecule has 0 fully saturated rings. The van der Waals surface area contributed by atoms with Gasteiger partial charge < -0.3 is 5.73 Å². The third-order valence-electron chi connectivity index (χ3n) is 1.92. The zero-order valence-electron chi connectivity index (χ0n) is 7.75. The summed E-state index contributed by atoms with van der Waals surface area (Å²) in [6.07, 6.45) is 5.86. The summed E-state index contributed by atoms with van der Waals surface area (Å²) < 4.78 is 0. The molecule has 2 nitrogen and oxygen atoms in total. The highest BCUT2D eigenvalue weighted by Gasteiger charge is 2.03. The molecule has 0 aliphatic carbocycles. The molecule has 66 valence electrons. The first kappa shape index (κ1) is 9.20. The lowest BCUT2D eigenvalue weighted by molar-refractivity contribution is 0.635. The van der Waals surface area contributed by atoms with E-state index in [1.165, 1.54) is 5.56 Å². The van der Waals surface area contributed by atoms with Crippen molar-refractivity contribution in [2.75, 3.05) is 0 Å². The lowest BCUT2D eigenvalue weighted by atomic mass is 10.0. The summed E-state index contributed by atoms with van der Waals surface area (Å²) in [6, 6.07) is 2.26. The van der Waals surface area contributed by atoms with E-state index in [9.17, 15) is 0 Å². The second kappa shape index (κ2) is 4.21. The van der Waals surface area contributed by atoms with Crippen LogP contribution in [0.2, 0.25) is 0 Å². The number of aromatic nitrogens is 1. The van der Waals surface area contributed by atoms with Crippen LogP contribution in [0.4, 0.5) is 0 Å². The maximum Gasteiger partial charge on any atom is 0.0315 e. The SMILES string of the molecule is CCC[C@H](N)c1cncc(C)c1. The van der Waals surface area contributed by atoms with Gasteiger partial charge in [-0.3, -0.25) is 4.98 Å². The van der Waals surface area contributed by atoms with Crippen molar-refractivity contribution < 1.29 is 0 Å². The molecule has 0 bridgehead atoms. The zero-order chi connectivity index (χ0) is 8.97. The number of pyridine rings is 1. The van der Waals surface area contributed by atoms with Crippen LogP contribution < -0.4 is 5.73 Å². The van der Waals surface area contributed by atoms with Gasteiger partial charge in [-0.1, -0.05) is 19.4 Å². The van der Waals surface area contributed by atoms with Crippen molar-refractivity contribution in [2.24, 2.45) is 5.73 Å². The average molecular weight is 164 g/mol. The Bertz CT molecular complexity index is 245. The van der Waals surface area contributed by atoms with Crippen LogP contribution in [0.25, 0.3) is 0 Å². The van der Waals surface area contributed by atoms with Gasteiger partial charge in [0, 0.05) is 18.4 Å². The number of hydrogen-bond acceptors (Lipinski definition) is 2. The van der Waals surface area contributed by atoms with Crippen molar-refractivity contribution in [3.05, 3.63) is 29.6 Å². The smallest absolute Gasteiger partial charge is 0.0315 e. The third-order valence-corrected chi connectivity index (χ3v) is 1.92. The van der Waals surface area contributed by atoms with Crippen molar-refractivity contribution >= 4 is 0 Å². The maximum atomic E-state index is 5.93. The zero-order valence-corrected chi connectivity index (χ0v) is 7.75. The molecule has 0 spiro atoms. The van der Waals surface area contributed by atoms with Crippen LogP contribution in [0, 0.1) is 6.92 Å². The molecule has 1 aromatic heterocycles. The first-order chi connectivity index (χ1) is 5.74. The minimum absolute atomic E-state index is 0.155. The standard InChI is InChI=1S/C10H16N2/c1-3-4-10(11)9-5-8(2)6-12-7-9/h5-7,10H,3-4,11H2,1-2H3/t10-/m0/s1. The Morgan fingerprint density at radius 1 is 1.50 bits per heavy atom. The Morgan fingerprint density at radius 2 is 2.25 bits per heavy atom. The quantitative estimate of drug-likeness (QED) is 0.743. The fourth-order valence-corrected chi connectivity index (χ4v) is 1.26. The third kappa shape index (κ3) is 2.31. The number of nitrogens with zero attached hydrogens (tertiary/aromatic N) is 1. The predicted octanol–water partition coefficient (Wildman–Crippen LogP) is 2.19. The molecule has 0 amide bonds. The molecule has 0 saturated heterocycles. The van der Waals surface area contributed by atoms with Gasteiger partial charge in [-0.2, -0.15) is 0 Å². The molecule has 1 rings (SSSR count). The monoisotopic (exact) mass is 164 g/mol. The summed E-state index contributed by atoms with van der Waals surface area (Å²) in [5.74, 6) is 0. The van der Waals surface area contributed by atoms with E-state index in [2.05, 4.69) is 18.0 Å². The Balaban J connectivity index is 2.73. The van der Waals surface area contributed by atoms with Gasteiger partial charge in [-0.05, 0) is 24.5 Å². The topological polar surface area (TPSA) is 38.9 Å². The summed E-state index contributed by atoms with van der Waals surface area (Å²) in [4.78, 5) is 4.11. The Hall–Kier alpha value is -0.890. The van der Waals surface area contributed by atoms with Gasteiger partial charge in [0.1, 0.15) is 0 Å². The Morgan fingerprint density at radius 3 is 2.83 bits per heavy atom. The fourth-order valence-electron chi connectivity index (χ4n) is 1.26. The van der Waals surface area contributed by atoms with Crippen LogP contribution in [-0.2, 0) is 0 Å². The van der Waals surface area contributed by atoms with Gasteiger partial charge in [0.2, 0.25) is 0 Å². The van der Waals surface area contributed by atoms with E-state index in [1.54, 1.807) is 0 Å². The van der Waals surface area contributed by atoms with Crippen molar-refractivity contribution in [1.29, 1.82) is 0 Å². The number of hydrogen-bond donors (Lipinski definition) is 1. The predicted molar refractivity (Wildman–Crippen MR) is 50.8 cm³/mol. The summed E-state index contributed by atoms with van der Waals surface area (Å²) >= 11 is 0. The Kier molecular flexibility index (Phi) is 3.23. The average Bonchev–Trinajstić information content (AvgIpc) is 2.05. The number of aryl methyl sites for hydroxylation is 1. The molecule has 12 heavy (non-hydrogen) atoms. The molecule has 2 heteroatoms. The highest BCUT2D eigenvalue weighted by molar-refractivity contribution is 5.19. The van der Waals surface area contributed by atoms with Crippen molar-refractivity contribution in [1.82, 2.24) is 4.98 Å². The lowest BCUT2D eigenvalue weighted by Gasteiger charge is -2.09. The van der Waals surface area contributed by atoms with E-state index in [0.29, 0.717) is 0 Å². The molecule has 0 unspecified atom stereocenters. The Labute approximate surface area is 73.8 Å². The van der Waals surface area contributed by atoms with Gasteiger partial charge >= 0.3 is 0 Å². The molecule has 1 atom stereocenters. The largest absolute Gasteiger partial charge is 0.324 e. The number of nitrogens with two attached hydrogens (primary N) is 1. The fraction of sp³-hybridized carbons (Fsp3) is 0.500. The second-order valence-electron chi connectivity index (χ2n) is 3.19.